The van der Waals surface area contributed by atoms with E-state index in [1.807, 2.05) is 12.4 Å². The smallest absolute Gasteiger partial charge is 0.0787 e. The Kier molecular flexibility index (Phi) is 5.28. The minimum atomic E-state index is -0.0675. The second-order valence-corrected chi connectivity index (χ2v) is 8.61. The lowest BCUT2D eigenvalue weighted by atomic mass is 9.92. The standard InChI is InChI=1S/C20H33N3O/c1-19(2)15-18(20(3,4)24-19)22-17-8-13-23(14-9-17)12-7-16-5-10-21-11-6-16/h5-6,10-11,17-18,22H,7-9,12-15H2,1-4H3. The van der Waals surface area contributed by atoms with E-state index in [1.165, 1.54) is 31.5 Å². The van der Waals surface area contributed by atoms with Crippen LogP contribution in [0, 0.1) is 0 Å². The molecular weight excluding hydrogens is 298 g/mol. The van der Waals surface area contributed by atoms with Crippen LogP contribution in [0.2, 0.25) is 0 Å². The summed E-state index contributed by atoms with van der Waals surface area (Å²) in [7, 11) is 0. The number of pyridine rings is 1. The van der Waals surface area contributed by atoms with E-state index in [1.54, 1.807) is 0 Å². The fourth-order valence-electron chi connectivity index (χ4n) is 4.27. The molecule has 3 heterocycles. The second kappa shape index (κ2) is 7.11. The van der Waals surface area contributed by atoms with Crippen LogP contribution in [0.3, 0.4) is 0 Å². The van der Waals surface area contributed by atoms with E-state index < -0.39 is 0 Å². The van der Waals surface area contributed by atoms with Gasteiger partial charge in [0, 0.05) is 31.0 Å². The molecule has 1 aromatic rings. The van der Waals surface area contributed by atoms with Crippen LogP contribution in [0.4, 0.5) is 0 Å². The van der Waals surface area contributed by atoms with Gasteiger partial charge in [-0.1, -0.05) is 0 Å². The quantitative estimate of drug-likeness (QED) is 0.900. The molecule has 4 nitrogen and oxygen atoms in total. The van der Waals surface area contributed by atoms with E-state index in [-0.39, 0.29) is 11.2 Å². The van der Waals surface area contributed by atoms with Crippen molar-refractivity contribution >= 4 is 0 Å². The van der Waals surface area contributed by atoms with Gasteiger partial charge in [-0.25, -0.2) is 0 Å². The average Bonchev–Trinajstić information content (AvgIpc) is 2.74. The zero-order chi connectivity index (χ0) is 17.2. The third-order valence-corrected chi connectivity index (χ3v) is 5.56. The van der Waals surface area contributed by atoms with Crippen LogP contribution in [0.5, 0.6) is 0 Å². The maximum atomic E-state index is 6.22. The van der Waals surface area contributed by atoms with Crippen LogP contribution in [0.25, 0.3) is 0 Å². The van der Waals surface area contributed by atoms with E-state index in [0.717, 1.165) is 19.4 Å². The van der Waals surface area contributed by atoms with Crippen LogP contribution >= 0.6 is 0 Å². The molecule has 2 aliphatic rings. The Bertz CT molecular complexity index is 521. The molecule has 0 bridgehead atoms. The Morgan fingerprint density at radius 3 is 2.42 bits per heavy atom. The summed E-state index contributed by atoms with van der Waals surface area (Å²) in [5, 5.41) is 3.90. The molecular formula is C20H33N3O. The average molecular weight is 332 g/mol. The zero-order valence-corrected chi connectivity index (χ0v) is 15.7. The van der Waals surface area contributed by atoms with Gasteiger partial charge >= 0.3 is 0 Å². The van der Waals surface area contributed by atoms with Crippen LogP contribution in [0.15, 0.2) is 24.5 Å². The molecule has 0 radical (unpaired) electrons. The van der Waals surface area contributed by atoms with Gasteiger partial charge in [-0.2, -0.15) is 0 Å². The van der Waals surface area contributed by atoms with E-state index in [4.69, 9.17) is 4.74 Å². The molecule has 1 unspecified atom stereocenters. The monoisotopic (exact) mass is 331 g/mol. The van der Waals surface area contributed by atoms with Gasteiger partial charge in [-0.15, -0.1) is 0 Å². The topological polar surface area (TPSA) is 37.4 Å². The largest absolute Gasteiger partial charge is 0.368 e. The molecule has 0 aliphatic carbocycles. The maximum absolute atomic E-state index is 6.22. The third-order valence-electron chi connectivity index (χ3n) is 5.56. The second-order valence-electron chi connectivity index (χ2n) is 8.61. The highest BCUT2D eigenvalue weighted by Crippen LogP contribution is 2.37. The minimum absolute atomic E-state index is 0.00753. The van der Waals surface area contributed by atoms with E-state index in [9.17, 15) is 0 Å². The van der Waals surface area contributed by atoms with Crippen molar-refractivity contribution in [3.8, 4) is 0 Å². The SMILES string of the molecule is CC1(C)CC(NC2CCN(CCc3ccncc3)CC2)C(C)(C)O1. The number of piperidine rings is 1. The predicted octanol–water partition coefficient (Wildman–Crippen LogP) is 3.02. The lowest BCUT2D eigenvalue weighted by molar-refractivity contribution is -0.0708. The Morgan fingerprint density at radius 2 is 1.83 bits per heavy atom. The van der Waals surface area contributed by atoms with Crippen molar-refractivity contribution < 1.29 is 4.74 Å². The first-order valence-electron chi connectivity index (χ1n) is 9.42. The summed E-state index contributed by atoms with van der Waals surface area (Å²) in [6, 6.07) is 5.33. The van der Waals surface area contributed by atoms with Gasteiger partial charge in [-0.05, 0) is 84.2 Å². The highest BCUT2D eigenvalue weighted by atomic mass is 16.5. The molecule has 2 fully saturated rings. The summed E-state index contributed by atoms with van der Waals surface area (Å²) in [5.74, 6) is 0. The van der Waals surface area contributed by atoms with Crippen molar-refractivity contribution in [2.45, 2.75) is 76.7 Å². The molecule has 134 valence electrons. The number of rotatable bonds is 5. The van der Waals surface area contributed by atoms with Crippen LogP contribution in [0.1, 0.15) is 52.5 Å². The van der Waals surface area contributed by atoms with Gasteiger partial charge in [0.15, 0.2) is 0 Å². The molecule has 1 N–H and O–H groups in total. The van der Waals surface area contributed by atoms with Gasteiger partial charge in [0.1, 0.15) is 0 Å². The van der Waals surface area contributed by atoms with Gasteiger partial charge in [0.05, 0.1) is 11.2 Å². The van der Waals surface area contributed by atoms with Crippen LogP contribution in [-0.2, 0) is 11.2 Å². The number of likely N-dealkylation sites (tertiary alicyclic amines) is 1. The fourth-order valence-corrected chi connectivity index (χ4v) is 4.27. The molecule has 0 spiro atoms. The first-order valence-corrected chi connectivity index (χ1v) is 9.42. The zero-order valence-electron chi connectivity index (χ0n) is 15.7. The molecule has 24 heavy (non-hydrogen) atoms. The Morgan fingerprint density at radius 1 is 1.17 bits per heavy atom. The number of hydrogen-bond acceptors (Lipinski definition) is 4. The summed E-state index contributed by atoms with van der Waals surface area (Å²) in [6.07, 6.45) is 8.48. The van der Waals surface area contributed by atoms with Gasteiger partial charge < -0.3 is 15.0 Å². The van der Waals surface area contributed by atoms with Crippen molar-refractivity contribution in [2.75, 3.05) is 19.6 Å². The molecule has 1 atom stereocenters. The fraction of sp³-hybridized carbons (Fsp3) is 0.750. The predicted molar refractivity (Wildman–Crippen MR) is 98.2 cm³/mol. The third kappa shape index (κ3) is 4.56. The molecule has 4 heteroatoms. The van der Waals surface area contributed by atoms with Crippen molar-refractivity contribution in [3.05, 3.63) is 30.1 Å². The number of nitrogens with zero attached hydrogens (tertiary/aromatic N) is 2. The van der Waals surface area contributed by atoms with Crippen molar-refractivity contribution in [3.63, 3.8) is 0 Å². The lowest BCUT2D eigenvalue weighted by Gasteiger charge is -2.36. The van der Waals surface area contributed by atoms with Crippen molar-refractivity contribution in [2.24, 2.45) is 0 Å². The molecule has 3 rings (SSSR count). The van der Waals surface area contributed by atoms with Gasteiger partial charge in [-0.3, -0.25) is 4.98 Å². The summed E-state index contributed by atoms with van der Waals surface area (Å²) in [5.41, 5.74) is 1.31. The highest BCUT2D eigenvalue weighted by Gasteiger charge is 2.46. The normalized spacial score (nSPS) is 27.4. The lowest BCUT2D eigenvalue weighted by Crippen LogP contribution is -2.51. The summed E-state index contributed by atoms with van der Waals surface area (Å²) in [6.45, 7) is 12.4. The van der Waals surface area contributed by atoms with Gasteiger partial charge in [0.25, 0.3) is 0 Å². The molecule has 0 amide bonds. The van der Waals surface area contributed by atoms with Crippen LogP contribution in [-0.4, -0.2) is 52.8 Å². The van der Waals surface area contributed by atoms with Crippen molar-refractivity contribution in [1.29, 1.82) is 0 Å². The molecule has 0 saturated carbocycles. The number of nitrogens with one attached hydrogen (secondary N) is 1. The summed E-state index contributed by atoms with van der Waals surface area (Å²) in [4.78, 5) is 6.68. The van der Waals surface area contributed by atoms with E-state index in [2.05, 4.69) is 55.0 Å². The molecule has 2 aliphatic heterocycles. The number of hydrogen-bond donors (Lipinski definition) is 1. The molecule has 2 saturated heterocycles. The van der Waals surface area contributed by atoms with E-state index >= 15 is 0 Å². The summed E-state index contributed by atoms with van der Waals surface area (Å²) >= 11 is 0. The van der Waals surface area contributed by atoms with E-state index in [0.29, 0.717) is 12.1 Å². The first kappa shape index (κ1) is 17.8. The first-order chi connectivity index (χ1) is 11.3. The Labute approximate surface area is 147 Å². The molecule has 0 aromatic carbocycles. The minimum Gasteiger partial charge on any atom is -0.368 e. The number of ether oxygens (including phenoxy) is 1. The maximum Gasteiger partial charge on any atom is 0.0787 e. The summed E-state index contributed by atoms with van der Waals surface area (Å²) < 4.78 is 6.22. The Balaban J connectivity index is 1.42. The number of aromatic nitrogens is 1. The molecule has 1 aromatic heterocycles. The van der Waals surface area contributed by atoms with Crippen LogP contribution < -0.4 is 5.32 Å². The Hall–Kier alpha value is -0.970. The van der Waals surface area contributed by atoms with Gasteiger partial charge in [0.2, 0.25) is 0 Å². The van der Waals surface area contributed by atoms with Crippen molar-refractivity contribution in [1.82, 2.24) is 15.2 Å². The highest BCUT2D eigenvalue weighted by molar-refractivity contribution is 5.10.